The number of nitrogens with zero attached hydrogens (tertiary/aromatic N) is 1. The van der Waals surface area contributed by atoms with Crippen LogP contribution in [0, 0.1) is 12.7 Å². The normalized spacial score (nSPS) is 11.7. The van der Waals surface area contributed by atoms with Crippen LogP contribution in [-0.2, 0) is 0 Å². The minimum absolute atomic E-state index is 0.0597. The highest BCUT2D eigenvalue weighted by Gasteiger charge is 2.29. The van der Waals surface area contributed by atoms with E-state index >= 15 is 0 Å². The van der Waals surface area contributed by atoms with Crippen LogP contribution >= 0.6 is 0 Å². The monoisotopic (exact) mass is 289 g/mol. The van der Waals surface area contributed by atoms with Gasteiger partial charge in [0, 0.05) is 12.3 Å². The van der Waals surface area contributed by atoms with Crippen molar-refractivity contribution in [3.8, 4) is 17.2 Å². The lowest BCUT2D eigenvalue weighted by Gasteiger charge is -2.16. The summed E-state index contributed by atoms with van der Waals surface area (Å²) in [6.45, 7) is 0.0199. The Kier molecular flexibility index (Phi) is 3.61. The molecule has 1 N–H and O–H groups in total. The van der Waals surface area contributed by atoms with Crippen LogP contribution in [0.25, 0.3) is 5.69 Å². The van der Waals surface area contributed by atoms with Crippen molar-refractivity contribution in [2.45, 2.75) is 13.1 Å². The quantitative estimate of drug-likeness (QED) is 0.876. The summed E-state index contributed by atoms with van der Waals surface area (Å²) in [4.78, 5) is 0. The van der Waals surface area contributed by atoms with Gasteiger partial charge in [-0.05, 0) is 24.6 Å². The average molecular weight is 289 g/mol. The molecule has 0 atom stereocenters. The number of hydrogen-bond acceptors (Lipinski definition) is 2. The van der Waals surface area contributed by atoms with Crippen molar-refractivity contribution in [2.24, 2.45) is 0 Å². The molecule has 0 aliphatic rings. The number of rotatable bonds is 3. The molecule has 0 unspecified atom stereocenters. The standard InChI is InChI=1S/C13H11F4NO2/c1-8-4-9(14)5-11(20-7-13(15,16)17)12(8)18-3-2-10(19)6-18/h2-6,19H,7H2,1H3. The van der Waals surface area contributed by atoms with E-state index in [1.165, 1.54) is 36.0 Å². The molecular formula is C13H11F4NO2. The molecule has 2 aromatic rings. The fourth-order valence-corrected chi connectivity index (χ4v) is 1.83. The average Bonchev–Trinajstić information content (AvgIpc) is 2.71. The number of benzene rings is 1. The first-order chi connectivity index (χ1) is 9.26. The minimum Gasteiger partial charge on any atom is -0.506 e. The zero-order chi connectivity index (χ0) is 14.9. The zero-order valence-electron chi connectivity index (χ0n) is 10.4. The molecular weight excluding hydrogens is 278 g/mol. The van der Waals surface area contributed by atoms with Crippen LogP contribution in [0.5, 0.6) is 11.5 Å². The van der Waals surface area contributed by atoms with Gasteiger partial charge in [0.2, 0.25) is 0 Å². The van der Waals surface area contributed by atoms with Crippen molar-refractivity contribution in [2.75, 3.05) is 6.61 Å². The van der Waals surface area contributed by atoms with Crippen molar-refractivity contribution < 1.29 is 27.4 Å². The van der Waals surface area contributed by atoms with E-state index in [1.54, 1.807) is 0 Å². The number of aromatic hydroxyl groups is 1. The summed E-state index contributed by atoms with van der Waals surface area (Å²) < 4.78 is 56.0. The summed E-state index contributed by atoms with van der Waals surface area (Å²) in [6, 6.07) is 3.41. The maximum Gasteiger partial charge on any atom is 0.422 e. The highest BCUT2D eigenvalue weighted by Crippen LogP contribution is 2.30. The van der Waals surface area contributed by atoms with Crippen LogP contribution in [0.3, 0.4) is 0 Å². The molecule has 0 bridgehead atoms. The summed E-state index contributed by atoms with van der Waals surface area (Å²) in [5.41, 5.74) is 0.633. The third-order valence-corrected chi connectivity index (χ3v) is 2.56. The Morgan fingerprint density at radius 2 is 2.00 bits per heavy atom. The Hall–Kier alpha value is -2.18. The molecule has 0 fully saturated rings. The Labute approximate surface area is 112 Å². The molecule has 0 saturated heterocycles. The van der Waals surface area contributed by atoms with E-state index in [9.17, 15) is 22.7 Å². The Balaban J connectivity index is 2.44. The largest absolute Gasteiger partial charge is 0.506 e. The minimum atomic E-state index is -4.52. The Bertz CT molecular complexity index is 619. The van der Waals surface area contributed by atoms with Gasteiger partial charge in [-0.2, -0.15) is 13.2 Å². The number of halogens is 4. The van der Waals surface area contributed by atoms with E-state index < -0.39 is 18.6 Å². The summed E-state index contributed by atoms with van der Waals surface area (Å²) in [5.74, 6) is -0.995. The molecule has 20 heavy (non-hydrogen) atoms. The van der Waals surface area contributed by atoms with Gasteiger partial charge in [0.05, 0.1) is 11.9 Å². The number of alkyl halides is 3. The molecule has 1 aromatic heterocycles. The maximum atomic E-state index is 13.3. The topological polar surface area (TPSA) is 34.4 Å². The van der Waals surface area contributed by atoms with Crippen LogP contribution in [0.2, 0.25) is 0 Å². The van der Waals surface area contributed by atoms with E-state index in [4.69, 9.17) is 0 Å². The van der Waals surface area contributed by atoms with Crippen LogP contribution in [0.15, 0.2) is 30.6 Å². The zero-order valence-corrected chi connectivity index (χ0v) is 10.4. The number of aryl methyl sites for hydroxylation is 1. The highest BCUT2D eigenvalue weighted by molar-refractivity contribution is 5.53. The van der Waals surface area contributed by atoms with Gasteiger partial charge < -0.3 is 14.4 Å². The van der Waals surface area contributed by atoms with Crippen LogP contribution in [0.1, 0.15) is 5.56 Å². The fraction of sp³-hybridized carbons (Fsp3) is 0.231. The highest BCUT2D eigenvalue weighted by atomic mass is 19.4. The van der Waals surface area contributed by atoms with E-state index in [2.05, 4.69) is 4.74 Å². The molecule has 1 heterocycles. The van der Waals surface area contributed by atoms with Gasteiger partial charge in [0.1, 0.15) is 17.3 Å². The molecule has 1 aromatic carbocycles. The van der Waals surface area contributed by atoms with Crippen LogP contribution in [-0.4, -0.2) is 22.5 Å². The molecule has 0 radical (unpaired) electrons. The molecule has 3 nitrogen and oxygen atoms in total. The van der Waals surface area contributed by atoms with Gasteiger partial charge in [-0.15, -0.1) is 0 Å². The Morgan fingerprint density at radius 1 is 1.30 bits per heavy atom. The molecule has 7 heteroatoms. The smallest absolute Gasteiger partial charge is 0.422 e. The number of ether oxygens (including phenoxy) is 1. The van der Waals surface area contributed by atoms with Crippen molar-refractivity contribution in [1.29, 1.82) is 0 Å². The van der Waals surface area contributed by atoms with E-state index in [0.717, 1.165) is 6.07 Å². The van der Waals surface area contributed by atoms with Crippen molar-refractivity contribution in [1.82, 2.24) is 4.57 Å². The predicted octanol–water partition coefficient (Wildman–Crippen LogP) is 3.57. The molecule has 0 saturated carbocycles. The predicted molar refractivity (Wildman–Crippen MR) is 63.7 cm³/mol. The van der Waals surface area contributed by atoms with E-state index in [0.29, 0.717) is 5.56 Å². The van der Waals surface area contributed by atoms with Gasteiger partial charge in [-0.25, -0.2) is 4.39 Å². The van der Waals surface area contributed by atoms with E-state index in [-0.39, 0.29) is 17.2 Å². The lowest BCUT2D eigenvalue weighted by Crippen LogP contribution is -2.20. The van der Waals surface area contributed by atoms with Gasteiger partial charge in [0.15, 0.2) is 6.61 Å². The summed E-state index contributed by atoms with van der Waals surface area (Å²) in [5, 5.41) is 9.29. The van der Waals surface area contributed by atoms with Gasteiger partial charge in [-0.3, -0.25) is 0 Å². The second kappa shape index (κ2) is 5.07. The molecule has 0 aliphatic heterocycles. The van der Waals surface area contributed by atoms with Crippen molar-refractivity contribution in [3.05, 3.63) is 42.0 Å². The lowest BCUT2D eigenvalue weighted by molar-refractivity contribution is -0.153. The fourth-order valence-electron chi connectivity index (χ4n) is 1.83. The molecule has 2 rings (SSSR count). The molecule has 0 spiro atoms. The van der Waals surface area contributed by atoms with Gasteiger partial charge in [-0.1, -0.05) is 0 Å². The summed E-state index contributed by atoms with van der Waals surface area (Å²) in [6.07, 6.45) is -1.78. The first-order valence-electron chi connectivity index (χ1n) is 5.63. The molecule has 108 valence electrons. The third-order valence-electron chi connectivity index (χ3n) is 2.56. The van der Waals surface area contributed by atoms with Crippen molar-refractivity contribution in [3.63, 3.8) is 0 Å². The van der Waals surface area contributed by atoms with Gasteiger partial charge in [0.25, 0.3) is 0 Å². The first kappa shape index (κ1) is 14.2. The van der Waals surface area contributed by atoms with Crippen molar-refractivity contribution >= 4 is 0 Å². The van der Waals surface area contributed by atoms with Crippen LogP contribution < -0.4 is 4.74 Å². The molecule has 0 amide bonds. The summed E-state index contributed by atoms with van der Waals surface area (Å²) >= 11 is 0. The van der Waals surface area contributed by atoms with E-state index in [1.807, 2.05) is 0 Å². The summed E-state index contributed by atoms with van der Waals surface area (Å²) in [7, 11) is 0. The first-order valence-corrected chi connectivity index (χ1v) is 5.63. The van der Waals surface area contributed by atoms with Crippen LogP contribution in [0.4, 0.5) is 17.6 Å². The number of aromatic nitrogens is 1. The SMILES string of the molecule is Cc1cc(F)cc(OCC(F)(F)F)c1-n1ccc(O)c1. The van der Waals surface area contributed by atoms with Gasteiger partial charge >= 0.3 is 6.18 Å². The Morgan fingerprint density at radius 3 is 2.55 bits per heavy atom. The third kappa shape index (κ3) is 3.23. The second-order valence-corrected chi connectivity index (χ2v) is 4.25. The molecule has 0 aliphatic carbocycles. The second-order valence-electron chi connectivity index (χ2n) is 4.25. The lowest BCUT2D eigenvalue weighted by atomic mass is 10.1. The maximum absolute atomic E-state index is 13.3. The number of hydrogen-bond donors (Lipinski definition) is 1.